The first kappa shape index (κ1) is 20.9. The van der Waals surface area contributed by atoms with Crippen molar-refractivity contribution in [1.82, 2.24) is 9.80 Å². The van der Waals surface area contributed by atoms with E-state index in [9.17, 15) is 14.4 Å². The van der Waals surface area contributed by atoms with Crippen molar-refractivity contribution >= 4 is 17.6 Å². The molecule has 5 nitrogen and oxygen atoms in total. The van der Waals surface area contributed by atoms with Crippen LogP contribution in [0.15, 0.2) is 0 Å². The number of piperidine rings is 2. The van der Waals surface area contributed by atoms with Gasteiger partial charge in [0, 0.05) is 39.0 Å². The third-order valence-electron chi connectivity index (χ3n) is 6.48. The fourth-order valence-electron chi connectivity index (χ4n) is 4.62. The van der Waals surface area contributed by atoms with Crippen LogP contribution in [0.5, 0.6) is 0 Å². The summed E-state index contributed by atoms with van der Waals surface area (Å²) in [5.41, 5.74) is -1.17. The highest BCUT2D eigenvalue weighted by atomic mass is 16.2. The van der Waals surface area contributed by atoms with Crippen LogP contribution in [-0.4, -0.2) is 53.6 Å². The number of unbranched alkanes of at least 4 members (excludes halogenated alkanes) is 2. The number of carbonyl (C=O) groups excluding carboxylic acids is 3. The summed E-state index contributed by atoms with van der Waals surface area (Å²) >= 11 is 0. The first-order valence-corrected chi connectivity index (χ1v) is 10.5. The van der Waals surface area contributed by atoms with E-state index in [1.54, 1.807) is 0 Å². The Labute approximate surface area is 158 Å². The van der Waals surface area contributed by atoms with Crippen molar-refractivity contribution < 1.29 is 14.4 Å². The maximum Gasteiger partial charge on any atom is 0.222 e. The van der Waals surface area contributed by atoms with Gasteiger partial charge in [0.2, 0.25) is 11.8 Å². The van der Waals surface area contributed by atoms with Crippen LogP contribution in [0.4, 0.5) is 0 Å². The average molecular weight is 365 g/mol. The van der Waals surface area contributed by atoms with Crippen molar-refractivity contribution in [1.29, 1.82) is 0 Å². The Hall–Kier alpha value is -1.39. The summed E-state index contributed by atoms with van der Waals surface area (Å²) < 4.78 is 0. The van der Waals surface area contributed by atoms with E-state index in [0.717, 1.165) is 25.7 Å². The maximum absolute atomic E-state index is 13.4. The Bertz CT molecular complexity index is 485. The fraction of sp³-hybridized carbons (Fsp3) is 0.857. The van der Waals surface area contributed by atoms with Gasteiger partial charge in [-0.15, -0.1) is 0 Å². The van der Waals surface area contributed by atoms with Crippen molar-refractivity contribution in [3.8, 4) is 0 Å². The molecule has 0 aromatic heterocycles. The van der Waals surface area contributed by atoms with Gasteiger partial charge in [-0.05, 0) is 25.7 Å². The summed E-state index contributed by atoms with van der Waals surface area (Å²) in [6.45, 7) is 10.1. The summed E-state index contributed by atoms with van der Waals surface area (Å²) in [4.78, 5) is 42.7. The van der Waals surface area contributed by atoms with E-state index in [1.165, 1.54) is 0 Å². The highest BCUT2D eigenvalue weighted by Crippen LogP contribution is 2.46. The van der Waals surface area contributed by atoms with Crippen LogP contribution in [0.25, 0.3) is 0 Å². The lowest BCUT2D eigenvalue weighted by Gasteiger charge is -2.57. The average Bonchev–Trinajstić information content (AvgIpc) is 2.64. The van der Waals surface area contributed by atoms with Gasteiger partial charge in [0.15, 0.2) is 5.78 Å². The van der Waals surface area contributed by atoms with Gasteiger partial charge in [-0.3, -0.25) is 14.4 Å². The predicted molar refractivity (Wildman–Crippen MR) is 103 cm³/mol. The van der Waals surface area contributed by atoms with E-state index in [0.29, 0.717) is 51.9 Å². The molecular weight excluding hydrogens is 328 g/mol. The Kier molecular flexibility index (Phi) is 6.86. The number of hydrogen-bond acceptors (Lipinski definition) is 3. The summed E-state index contributed by atoms with van der Waals surface area (Å²) in [5.74, 6) is 0.621. The molecule has 2 aliphatic rings. The first-order chi connectivity index (χ1) is 12.4. The Morgan fingerprint density at radius 2 is 1.12 bits per heavy atom. The van der Waals surface area contributed by atoms with Gasteiger partial charge < -0.3 is 9.80 Å². The second kappa shape index (κ2) is 8.53. The minimum absolute atomic E-state index is 0.167. The van der Waals surface area contributed by atoms with Crippen LogP contribution in [0.3, 0.4) is 0 Å². The molecule has 2 amide bonds. The van der Waals surface area contributed by atoms with Crippen molar-refractivity contribution in [3.05, 3.63) is 0 Å². The van der Waals surface area contributed by atoms with Gasteiger partial charge in [0.25, 0.3) is 0 Å². The number of carbonyl (C=O) groups is 3. The van der Waals surface area contributed by atoms with Gasteiger partial charge in [0.1, 0.15) is 0 Å². The van der Waals surface area contributed by atoms with E-state index in [2.05, 4.69) is 13.8 Å². The molecule has 0 radical (unpaired) electrons. The SMILES string of the molecule is CCCCC(=O)N1CC2(CC)CN(C(=O)CCCC)CC(CC)(C1)C2=O. The quantitative estimate of drug-likeness (QED) is 0.663. The number of hydrogen-bond donors (Lipinski definition) is 0. The molecule has 2 saturated heterocycles. The van der Waals surface area contributed by atoms with Gasteiger partial charge in [0.05, 0.1) is 10.8 Å². The second-order valence-electron chi connectivity index (χ2n) is 8.30. The van der Waals surface area contributed by atoms with Crippen molar-refractivity contribution in [2.24, 2.45) is 10.8 Å². The number of likely N-dealkylation sites (tertiary alicyclic amines) is 2. The van der Waals surface area contributed by atoms with Crippen LogP contribution in [0, 0.1) is 10.8 Å². The summed E-state index contributed by atoms with van der Waals surface area (Å²) in [5, 5.41) is 0. The molecule has 0 aromatic carbocycles. The third kappa shape index (κ3) is 3.81. The summed E-state index contributed by atoms with van der Waals surface area (Å²) in [7, 11) is 0. The zero-order valence-electron chi connectivity index (χ0n) is 17.1. The topological polar surface area (TPSA) is 57.7 Å². The van der Waals surface area contributed by atoms with E-state index in [-0.39, 0.29) is 17.6 Å². The highest BCUT2D eigenvalue weighted by molar-refractivity contribution is 5.96. The largest absolute Gasteiger partial charge is 0.341 e. The number of rotatable bonds is 8. The number of nitrogens with zero attached hydrogens (tertiary/aromatic N) is 2. The van der Waals surface area contributed by atoms with Crippen LogP contribution >= 0.6 is 0 Å². The molecule has 0 unspecified atom stereocenters. The number of Topliss-reactive ketones (excluding diaryl/α,β-unsaturated/α-hetero) is 1. The van der Waals surface area contributed by atoms with E-state index in [1.807, 2.05) is 23.6 Å². The molecule has 2 heterocycles. The second-order valence-corrected chi connectivity index (χ2v) is 8.30. The number of fused-ring (bicyclic) bond motifs is 2. The van der Waals surface area contributed by atoms with Gasteiger partial charge in [-0.2, -0.15) is 0 Å². The molecular formula is C21H36N2O3. The standard InChI is InChI=1S/C21H36N2O3/c1-5-9-11-17(24)22-13-20(7-3)15-23(18(25)12-10-6-2)16-21(8-4,14-22)19(20)26/h5-16H2,1-4H3. The molecule has 26 heavy (non-hydrogen) atoms. The molecule has 0 aromatic rings. The minimum atomic E-state index is -0.587. The van der Waals surface area contributed by atoms with E-state index >= 15 is 0 Å². The fourth-order valence-corrected chi connectivity index (χ4v) is 4.62. The van der Waals surface area contributed by atoms with E-state index in [4.69, 9.17) is 0 Å². The Morgan fingerprint density at radius 1 is 0.769 bits per heavy atom. The molecule has 0 spiro atoms. The molecule has 148 valence electrons. The first-order valence-electron chi connectivity index (χ1n) is 10.5. The molecule has 0 N–H and O–H groups in total. The van der Waals surface area contributed by atoms with Crippen LogP contribution in [-0.2, 0) is 14.4 Å². The lowest BCUT2D eigenvalue weighted by molar-refractivity contribution is -0.170. The van der Waals surface area contributed by atoms with Crippen molar-refractivity contribution in [2.75, 3.05) is 26.2 Å². The predicted octanol–water partition coefficient (Wildman–Crippen LogP) is 3.41. The smallest absolute Gasteiger partial charge is 0.222 e. The minimum Gasteiger partial charge on any atom is -0.341 e. The van der Waals surface area contributed by atoms with Crippen LogP contribution in [0.2, 0.25) is 0 Å². The molecule has 0 aliphatic carbocycles. The van der Waals surface area contributed by atoms with Gasteiger partial charge in [-0.1, -0.05) is 40.5 Å². The van der Waals surface area contributed by atoms with Gasteiger partial charge >= 0.3 is 0 Å². The molecule has 0 atom stereocenters. The molecule has 5 heteroatoms. The van der Waals surface area contributed by atoms with E-state index < -0.39 is 10.8 Å². The Morgan fingerprint density at radius 3 is 1.38 bits per heavy atom. The van der Waals surface area contributed by atoms with Crippen LogP contribution in [0.1, 0.15) is 79.1 Å². The monoisotopic (exact) mass is 364 g/mol. The summed E-state index contributed by atoms with van der Waals surface area (Å²) in [6.07, 6.45) is 6.26. The third-order valence-corrected chi connectivity index (χ3v) is 6.48. The van der Waals surface area contributed by atoms with Crippen molar-refractivity contribution in [3.63, 3.8) is 0 Å². The summed E-state index contributed by atoms with van der Waals surface area (Å²) in [6, 6.07) is 0. The molecule has 0 saturated carbocycles. The molecule has 2 aliphatic heterocycles. The zero-order valence-corrected chi connectivity index (χ0v) is 17.1. The maximum atomic E-state index is 13.4. The highest BCUT2D eigenvalue weighted by Gasteiger charge is 2.59. The van der Waals surface area contributed by atoms with Crippen LogP contribution < -0.4 is 0 Å². The Balaban J connectivity index is 2.28. The zero-order chi connectivity index (χ0) is 19.4. The lowest BCUT2D eigenvalue weighted by atomic mass is 9.60. The molecule has 2 rings (SSSR count). The normalized spacial score (nSPS) is 28.4. The van der Waals surface area contributed by atoms with Crippen molar-refractivity contribution in [2.45, 2.75) is 79.1 Å². The molecule has 2 bridgehead atoms. The lowest BCUT2D eigenvalue weighted by Crippen LogP contribution is -2.71. The number of amides is 2. The number of ketones is 1. The molecule has 2 fully saturated rings. The van der Waals surface area contributed by atoms with Gasteiger partial charge in [-0.25, -0.2) is 0 Å².